The van der Waals surface area contributed by atoms with Gasteiger partial charge in [-0.1, -0.05) is 0 Å². The first kappa shape index (κ1) is 14.3. The monoisotopic (exact) mass is 288 g/mol. The molecule has 1 aromatic carbocycles. The first-order valence-corrected chi connectivity index (χ1v) is 5.89. The van der Waals surface area contributed by atoms with Gasteiger partial charge in [-0.3, -0.25) is 14.9 Å². The molecule has 3 N–H and O–H groups in total. The van der Waals surface area contributed by atoms with Crippen LogP contribution in [0, 0.1) is 17.0 Å². The van der Waals surface area contributed by atoms with Crippen molar-refractivity contribution in [1.82, 2.24) is 4.68 Å². The number of phenols is 1. The predicted octanol–water partition coefficient (Wildman–Crippen LogP) is 1.23. The number of nitro benzene ring substituents is 1. The van der Waals surface area contributed by atoms with E-state index in [1.807, 2.05) is 0 Å². The molecule has 108 valence electrons. The average molecular weight is 288 g/mol. The summed E-state index contributed by atoms with van der Waals surface area (Å²) in [5, 5.41) is 24.2. The summed E-state index contributed by atoms with van der Waals surface area (Å²) in [5.41, 5.74) is 5.85. The summed E-state index contributed by atoms with van der Waals surface area (Å²) in [6, 6.07) is 6.40. The molecule has 0 radical (unpaired) electrons. The van der Waals surface area contributed by atoms with Crippen molar-refractivity contribution in [3.8, 4) is 5.75 Å². The number of anilines is 1. The fraction of sp³-hybridized carbons (Fsp3) is 0.0769. The lowest BCUT2D eigenvalue weighted by Crippen LogP contribution is -2.19. The number of phenolic OH excluding ortho intramolecular Hbond substituents is 1. The van der Waals surface area contributed by atoms with Gasteiger partial charge in [0, 0.05) is 23.8 Å². The molecule has 0 fully saturated rings. The molecule has 21 heavy (non-hydrogen) atoms. The quantitative estimate of drug-likeness (QED) is 0.499. The minimum absolute atomic E-state index is 0.107. The summed E-state index contributed by atoms with van der Waals surface area (Å²) in [4.78, 5) is 21.8. The van der Waals surface area contributed by atoms with Gasteiger partial charge in [0.2, 0.25) is 0 Å². The highest BCUT2D eigenvalue weighted by atomic mass is 16.6. The van der Waals surface area contributed by atoms with E-state index in [1.54, 1.807) is 13.0 Å². The van der Waals surface area contributed by atoms with Crippen LogP contribution < -0.4 is 11.3 Å². The highest BCUT2D eigenvalue weighted by Gasteiger charge is 2.09. The lowest BCUT2D eigenvalue weighted by molar-refractivity contribution is -0.384. The molecule has 2 aromatic rings. The Morgan fingerprint density at radius 2 is 2.10 bits per heavy atom. The number of hydrogen-bond donors (Lipinski definition) is 2. The minimum atomic E-state index is -0.594. The molecule has 1 aromatic heterocycles. The highest BCUT2D eigenvalue weighted by molar-refractivity contribution is 5.84. The molecule has 0 saturated heterocycles. The van der Waals surface area contributed by atoms with Gasteiger partial charge in [0.25, 0.3) is 11.2 Å². The van der Waals surface area contributed by atoms with E-state index in [-0.39, 0.29) is 22.8 Å². The zero-order chi connectivity index (χ0) is 15.6. The van der Waals surface area contributed by atoms with E-state index >= 15 is 0 Å². The first-order chi connectivity index (χ1) is 9.88. The largest absolute Gasteiger partial charge is 0.507 e. The number of nitrogens with two attached hydrogens (primary N) is 1. The van der Waals surface area contributed by atoms with Crippen LogP contribution in [-0.2, 0) is 0 Å². The van der Waals surface area contributed by atoms with Crippen molar-refractivity contribution in [2.24, 2.45) is 5.10 Å². The topological polar surface area (TPSA) is 124 Å². The number of non-ortho nitro benzene ring substituents is 1. The third kappa shape index (κ3) is 3.06. The number of nitro groups is 1. The summed E-state index contributed by atoms with van der Waals surface area (Å²) in [7, 11) is 0. The number of pyridine rings is 1. The Morgan fingerprint density at radius 3 is 2.71 bits per heavy atom. The Bertz CT molecular complexity index is 795. The van der Waals surface area contributed by atoms with Gasteiger partial charge in [-0.05, 0) is 24.6 Å². The third-order valence-electron chi connectivity index (χ3n) is 2.71. The van der Waals surface area contributed by atoms with E-state index in [0.717, 1.165) is 17.0 Å². The molecule has 8 heteroatoms. The van der Waals surface area contributed by atoms with Crippen LogP contribution in [0.4, 0.5) is 11.5 Å². The molecule has 0 unspecified atom stereocenters. The standard InChI is InChI=1S/C13H12N4O4/c1-8-4-12(14)16(13(19)5-8)15-7-9-6-10(17(20)21)2-3-11(9)18/h2-7,18H,14H2,1H3/b15-7+. The van der Waals surface area contributed by atoms with Gasteiger partial charge in [-0.25, -0.2) is 0 Å². The fourth-order valence-electron chi connectivity index (χ4n) is 1.72. The zero-order valence-electron chi connectivity index (χ0n) is 11.1. The van der Waals surface area contributed by atoms with Crippen molar-refractivity contribution in [3.63, 3.8) is 0 Å². The number of hydrogen-bond acceptors (Lipinski definition) is 6. The van der Waals surface area contributed by atoms with Crippen LogP contribution in [0.15, 0.2) is 40.2 Å². The summed E-state index contributed by atoms with van der Waals surface area (Å²) >= 11 is 0. The number of nitrogens with zero attached hydrogens (tertiary/aromatic N) is 3. The van der Waals surface area contributed by atoms with Gasteiger partial charge < -0.3 is 10.8 Å². The molecule has 8 nitrogen and oxygen atoms in total. The number of aromatic nitrogens is 1. The molecule has 2 rings (SSSR count). The number of nitrogen functional groups attached to an aromatic ring is 1. The Kier molecular flexibility index (Phi) is 3.70. The van der Waals surface area contributed by atoms with Gasteiger partial charge in [-0.15, -0.1) is 0 Å². The van der Waals surface area contributed by atoms with Crippen molar-refractivity contribution < 1.29 is 10.0 Å². The molecular formula is C13H12N4O4. The van der Waals surface area contributed by atoms with Crippen LogP contribution in [0.3, 0.4) is 0 Å². The first-order valence-electron chi connectivity index (χ1n) is 5.89. The van der Waals surface area contributed by atoms with Gasteiger partial charge in [0.15, 0.2) is 0 Å². The van der Waals surface area contributed by atoms with Crippen LogP contribution in [0.1, 0.15) is 11.1 Å². The van der Waals surface area contributed by atoms with Gasteiger partial charge in [0.1, 0.15) is 11.6 Å². The van der Waals surface area contributed by atoms with E-state index < -0.39 is 10.5 Å². The maximum absolute atomic E-state index is 11.7. The van der Waals surface area contributed by atoms with Crippen LogP contribution in [0.5, 0.6) is 5.75 Å². The molecule has 0 aliphatic heterocycles. The van der Waals surface area contributed by atoms with Crippen molar-refractivity contribution in [2.45, 2.75) is 6.92 Å². The molecule has 0 saturated carbocycles. The van der Waals surface area contributed by atoms with E-state index in [0.29, 0.717) is 5.56 Å². The second-order valence-electron chi connectivity index (χ2n) is 4.35. The summed E-state index contributed by atoms with van der Waals surface area (Å²) in [6.45, 7) is 1.72. The number of aromatic hydroxyl groups is 1. The second kappa shape index (κ2) is 5.45. The Hall–Kier alpha value is -3.16. The molecule has 0 aliphatic carbocycles. The van der Waals surface area contributed by atoms with E-state index in [4.69, 9.17) is 5.73 Å². The maximum atomic E-state index is 11.7. The summed E-state index contributed by atoms with van der Waals surface area (Å²) in [6.07, 6.45) is 1.13. The fourth-order valence-corrected chi connectivity index (χ4v) is 1.72. The number of benzene rings is 1. The number of rotatable bonds is 3. The third-order valence-corrected chi connectivity index (χ3v) is 2.71. The SMILES string of the molecule is Cc1cc(N)n(/N=C/c2cc([N+](=O)[O-])ccc2O)c(=O)c1. The minimum Gasteiger partial charge on any atom is -0.507 e. The van der Waals surface area contributed by atoms with E-state index in [9.17, 15) is 20.0 Å². The van der Waals surface area contributed by atoms with Crippen molar-refractivity contribution in [3.05, 3.63) is 61.9 Å². The van der Waals surface area contributed by atoms with Crippen LogP contribution >= 0.6 is 0 Å². The second-order valence-corrected chi connectivity index (χ2v) is 4.35. The summed E-state index contributed by atoms with van der Waals surface area (Å²) in [5.74, 6) is -0.0655. The molecule has 0 spiro atoms. The van der Waals surface area contributed by atoms with E-state index in [1.165, 1.54) is 18.2 Å². The average Bonchev–Trinajstić information content (AvgIpc) is 2.39. The molecule has 0 amide bonds. The Balaban J connectivity index is 2.45. The smallest absolute Gasteiger partial charge is 0.273 e. The van der Waals surface area contributed by atoms with E-state index in [2.05, 4.69) is 5.10 Å². The zero-order valence-corrected chi connectivity index (χ0v) is 11.1. The van der Waals surface area contributed by atoms with Crippen molar-refractivity contribution >= 4 is 17.7 Å². The van der Waals surface area contributed by atoms with Crippen molar-refractivity contribution in [2.75, 3.05) is 5.73 Å². The van der Waals surface area contributed by atoms with Crippen LogP contribution in [0.25, 0.3) is 0 Å². The lowest BCUT2D eigenvalue weighted by Gasteiger charge is -2.04. The lowest BCUT2D eigenvalue weighted by atomic mass is 10.2. The van der Waals surface area contributed by atoms with Crippen LogP contribution in [-0.4, -0.2) is 20.9 Å². The molecular weight excluding hydrogens is 276 g/mol. The van der Waals surface area contributed by atoms with Gasteiger partial charge >= 0.3 is 0 Å². The predicted molar refractivity (Wildman–Crippen MR) is 77.6 cm³/mol. The Morgan fingerprint density at radius 1 is 1.38 bits per heavy atom. The summed E-state index contributed by atoms with van der Waals surface area (Å²) < 4.78 is 0.936. The molecule has 0 aliphatic rings. The van der Waals surface area contributed by atoms with Crippen LogP contribution in [0.2, 0.25) is 0 Å². The molecule has 0 atom stereocenters. The molecule has 0 bridgehead atoms. The Labute approximate surface area is 118 Å². The van der Waals surface area contributed by atoms with Gasteiger partial charge in [0.05, 0.1) is 11.1 Å². The van der Waals surface area contributed by atoms with Crippen molar-refractivity contribution in [1.29, 1.82) is 0 Å². The maximum Gasteiger partial charge on any atom is 0.273 e. The highest BCUT2D eigenvalue weighted by Crippen LogP contribution is 2.21. The normalized spacial score (nSPS) is 10.9. The molecule has 1 heterocycles. The van der Waals surface area contributed by atoms with Gasteiger partial charge in [-0.2, -0.15) is 9.78 Å². The number of aryl methyl sites for hydroxylation is 1.